The minimum Gasteiger partial charge on any atom is -0.385 e. The van der Waals surface area contributed by atoms with Crippen LogP contribution in [-0.4, -0.2) is 6.54 Å². The molecule has 0 spiro atoms. The van der Waals surface area contributed by atoms with E-state index in [1.807, 2.05) is 6.07 Å². The number of nitrogens with one attached hydrogen (secondary N) is 1. The molecule has 0 aromatic heterocycles. The quantitative estimate of drug-likeness (QED) is 0.753. The van der Waals surface area contributed by atoms with E-state index in [0.717, 1.165) is 18.5 Å². The molecule has 1 aliphatic heterocycles. The van der Waals surface area contributed by atoms with Crippen LogP contribution in [0, 0.1) is 11.3 Å². The van der Waals surface area contributed by atoms with Crippen LogP contribution in [0.25, 0.3) is 0 Å². The minimum absolute atomic E-state index is 0.675. The van der Waals surface area contributed by atoms with E-state index in [1.165, 1.54) is 36.1 Å². The van der Waals surface area contributed by atoms with Crippen LogP contribution in [0.4, 0.5) is 5.69 Å². The average molecular weight is 198 g/mol. The molecule has 76 valence electrons. The van der Waals surface area contributed by atoms with Crippen molar-refractivity contribution in [2.75, 3.05) is 11.9 Å². The lowest BCUT2D eigenvalue weighted by Gasteiger charge is -2.21. The topological polar surface area (TPSA) is 35.8 Å². The van der Waals surface area contributed by atoms with Crippen molar-refractivity contribution >= 4 is 5.69 Å². The Balaban J connectivity index is 2.17. The summed E-state index contributed by atoms with van der Waals surface area (Å²) in [6, 6.07) is 6.38. The van der Waals surface area contributed by atoms with Crippen LogP contribution in [0.5, 0.6) is 0 Å². The van der Waals surface area contributed by atoms with Gasteiger partial charge in [0.25, 0.3) is 0 Å². The van der Waals surface area contributed by atoms with Crippen molar-refractivity contribution in [3.05, 3.63) is 28.8 Å². The third kappa shape index (κ3) is 1.39. The molecule has 1 heterocycles. The maximum absolute atomic E-state index is 9.13. The summed E-state index contributed by atoms with van der Waals surface area (Å²) in [5.41, 5.74) is 4.94. The summed E-state index contributed by atoms with van der Waals surface area (Å²) in [4.78, 5) is 0. The molecule has 0 bridgehead atoms. The Morgan fingerprint density at radius 2 is 2.20 bits per heavy atom. The summed E-state index contributed by atoms with van der Waals surface area (Å²) < 4.78 is 0. The fourth-order valence-electron chi connectivity index (χ4n) is 2.52. The van der Waals surface area contributed by atoms with Gasteiger partial charge < -0.3 is 5.32 Å². The lowest BCUT2D eigenvalue weighted by Crippen LogP contribution is -2.14. The standard InChI is InChI=1S/C13H14N2/c14-8-10-5-6-12-11(2-1-7-15-12)13(10)9-3-4-9/h5-6,9,15H,1-4,7H2. The maximum atomic E-state index is 9.13. The molecule has 0 saturated heterocycles. The Bertz CT molecular complexity index is 439. The first-order chi connectivity index (χ1) is 7.40. The van der Waals surface area contributed by atoms with Crippen molar-refractivity contribution < 1.29 is 0 Å². The molecule has 0 radical (unpaired) electrons. The van der Waals surface area contributed by atoms with E-state index in [1.54, 1.807) is 0 Å². The van der Waals surface area contributed by atoms with Crippen LogP contribution < -0.4 is 5.32 Å². The third-order valence-corrected chi connectivity index (χ3v) is 3.38. The van der Waals surface area contributed by atoms with E-state index in [4.69, 9.17) is 5.26 Å². The van der Waals surface area contributed by atoms with Crippen LogP contribution in [0.15, 0.2) is 12.1 Å². The highest BCUT2D eigenvalue weighted by Crippen LogP contribution is 2.45. The second-order valence-corrected chi connectivity index (χ2v) is 4.47. The van der Waals surface area contributed by atoms with Gasteiger partial charge in [0.15, 0.2) is 0 Å². The highest BCUT2D eigenvalue weighted by atomic mass is 14.9. The van der Waals surface area contributed by atoms with Crippen molar-refractivity contribution in [1.29, 1.82) is 5.26 Å². The Morgan fingerprint density at radius 3 is 2.93 bits per heavy atom. The van der Waals surface area contributed by atoms with E-state index < -0.39 is 0 Å². The highest BCUT2D eigenvalue weighted by molar-refractivity contribution is 5.62. The molecular weight excluding hydrogens is 184 g/mol. The van der Waals surface area contributed by atoms with E-state index in [-0.39, 0.29) is 0 Å². The summed E-state index contributed by atoms with van der Waals surface area (Å²) in [6.45, 7) is 1.07. The molecule has 2 nitrogen and oxygen atoms in total. The third-order valence-electron chi connectivity index (χ3n) is 3.38. The van der Waals surface area contributed by atoms with Crippen molar-refractivity contribution in [2.24, 2.45) is 0 Å². The second kappa shape index (κ2) is 3.27. The molecule has 2 heteroatoms. The second-order valence-electron chi connectivity index (χ2n) is 4.47. The van der Waals surface area contributed by atoms with Gasteiger partial charge in [0.1, 0.15) is 0 Å². The van der Waals surface area contributed by atoms with Gasteiger partial charge in [-0.25, -0.2) is 0 Å². The summed E-state index contributed by atoms with van der Waals surface area (Å²) >= 11 is 0. The van der Waals surface area contributed by atoms with Crippen molar-refractivity contribution in [2.45, 2.75) is 31.6 Å². The van der Waals surface area contributed by atoms with E-state index in [0.29, 0.717) is 5.92 Å². The lowest BCUT2D eigenvalue weighted by atomic mass is 9.91. The number of benzene rings is 1. The van der Waals surface area contributed by atoms with Gasteiger partial charge in [-0.2, -0.15) is 5.26 Å². The van der Waals surface area contributed by atoms with E-state index in [9.17, 15) is 0 Å². The molecule has 1 N–H and O–H groups in total. The van der Waals surface area contributed by atoms with Crippen molar-refractivity contribution in [1.82, 2.24) is 0 Å². The number of hydrogen-bond acceptors (Lipinski definition) is 2. The van der Waals surface area contributed by atoms with Gasteiger partial charge in [-0.3, -0.25) is 0 Å². The normalized spacial score (nSPS) is 18.9. The fourth-order valence-corrected chi connectivity index (χ4v) is 2.52. The molecule has 1 saturated carbocycles. The molecule has 1 aromatic rings. The minimum atomic E-state index is 0.675. The number of anilines is 1. The Labute approximate surface area is 89.9 Å². The first-order valence-corrected chi connectivity index (χ1v) is 5.70. The first kappa shape index (κ1) is 8.79. The van der Waals surface area contributed by atoms with E-state index >= 15 is 0 Å². The number of fused-ring (bicyclic) bond motifs is 1. The highest BCUT2D eigenvalue weighted by Gasteiger charge is 2.30. The van der Waals surface area contributed by atoms with Crippen molar-refractivity contribution in [3.8, 4) is 6.07 Å². The molecule has 1 aromatic carbocycles. The molecule has 3 rings (SSSR count). The van der Waals surface area contributed by atoms with Gasteiger partial charge in [0.2, 0.25) is 0 Å². The molecule has 0 unspecified atom stereocenters. The molecular formula is C13H14N2. The van der Waals surface area contributed by atoms with Gasteiger partial charge in [-0.1, -0.05) is 0 Å². The molecule has 0 amide bonds. The summed E-state index contributed by atoms with van der Waals surface area (Å²) in [7, 11) is 0. The van der Waals surface area contributed by atoms with Crippen molar-refractivity contribution in [3.63, 3.8) is 0 Å². The first-order valence-electron chi connectivity index (χ1n) is 5.70. The number of nitriles is 1. The zero-order chi connectivity index (χ0) is 10.3. The molecule has 1 aliphatic carbocycles. The lowest BCUT2D eigenvalue weighted by molar-refractivity contribution is 0.814. The monoisotopic (exact) mass is 198 g/mol. The Morgan fingerprint density at radius 1 is 1.33 bits per heavy atom. The number of nitrogens with zero attached hydrogens (tertiary/aromatic N) is 1. The van der Waals surface area contributed by atoms with Gasteiger partial charge in [0.05, 0.1) is 11.6 Å². The summed E-state index contributed by atoms with van der Waals surface area (Å²) in [5, 5.41) is 12.6. The van der Waals surface area contributed by atoms with Gasteiger partial charge in [-0.05, 0) is 54.9 Å². The van der Waals surface area contributed by atoms with Crippen LogP contribution in [0.3, 0.4) is 0 Å². The number of hydrogen-bond donors (Lipinski definition) is 1. The smallest absolute Gasteiger partial charge is 0.0994 e. The molecule has 15 heavy (non-hydrogen) atoms. The molecule has 0 atom stereocenters. The zero-order valence-electron chi connectivity index (χ0n) is 8.71. The van der Waals surface area contributed by atoms with Gasteiger partial charge in [-0.15, -0.1) is 0 Å². The molecule has 2 aliphatic rings. The fraction of sp³-hybridized carbons (Fsp3) is 0.462. The maximum Gasteiger partial charge on any atom is 0.0994 e. The Hall–Kier alpha value is -1.49. The summed E-state index contributed by atoms with van der Waals surface area (Å²) in [5.74, 6) is 0.675. The SMILES string of the molecule is N#Cc1ccc2c(c1C1CC1)CCCN2. The zero-order valence-corrected chi connectivity index (χ0v) is 8.71. The van der Waals surface area contributed by atoms with E-state index in [2.05, 4.69) is 17.5 Å². The summed E-state index contributed by atoms with van der Waals surface area (Å²) in [6.07, 6.45) is 4.88. The van der Waals surface area contributed by atoms with Gasteiger partial charge >= 0.3 is 0 Å². The van der Waals surface area contributed by atoms with Crippen LogP contribution in [-0.2, 0) is 6.42 Å². The molecule has 1 fully saturated rings. The van der Waals surface area contributed by atoms with Crippen LogP contribution >= 0.6 is 0 Å². The Kier molecular flexibility index (Phi) is 1.92. The predicted octanol–water partition coefficient (Wildman–Crippen LogP) is 2.79. The van der Waals surface area contributed by atoms with Crippen LogP contribution in [0.2, 0.25) is 0 Å². The van der Waals surface area contributed by atoms with Crippen LogP contribution in [0.1, 0.15) is 41.9 Å². The van der Waals surface area contributed by atoms with Gasteiger partial charge in [0, 0.05) is 12.2 Å². The number of rotatable bonds is 1. The predicted molar refractivity (Wildman–Crippen MR) is 59.9 cm³/mol. The average Bonchev–Trinajstić information content (AvgIpc) is 3.11. The largest absolute Gasteiger partial charge is 0.385 e.